The number of methoxy groups -OCH3 is 1. The van der Waals surface area contributed by atoms with E-state index in [1.807, 2.05) is 19.1 Å². The van der Waals surface area contributed by atoms with Crippen LogP contribution in [0.1, 0.15) is 13.3 Å². The molecule has 0 heterocycles. The fourth-order valence-electron chi connectivity index (χ4n) is 1.35. The fourth-order valence-corrected chi connectivity index (χ4v) is 1.73. The molecular weight excluding hydrogens is 254 g/mol. The summed E-state index contributed by atoms with van der Waals surface area (Å²) < 4.78 is 6.20. The summed E-state index contributed by atoms with van der Waals surface area (Å²) in [5, 5.41) is 8.68. The van der Waals surface area contributed by atoms with Gasteiger partial charge in [-0.1, -0.05) is 22.9 Å². The molecule has 0 aromatic carbocycles. The predicted molar refractivity (Wildman–Crippen MR) is 63.1 cm³/mol. The van der Waals surface area contributed by atoms with E-state index < -0.39 is 0 Å². The molecule has 0 amide bonds. The maximum atomic E-state index is 8.68. The molecule has 0 spiro atoms. The third-order valence-electron chi connectivity index (χ3n) is 2.16. The van der Waals surface area contributed by atoms with E-state index in [2.05, 4.69) is 27.7 Å². The van der Waals surface area contributed by atoms with Crippen LogP contribution in [0.2, 0.25) is 0 Å². The van der Waals surface area contributed by atoms with Gasteiger partial charge < -0.3 is 4.74 Å². The third kappa shape index (κ3) is 3.13. The second-order valence-corrected chi connectivity index (χ2v) is 4.19. The Hall–Kier alpha value is -1.23. The molecular formula is C12H12BrNO. The van der Waals surface area contributed by atoms with Crippen molar-refractivity contribution >= 4 is 15.9 Å². The number of rotatable bonds is 3. The highest BCUT2D eigenvalue weighted by Crippen LogP contribution is 2.26. The van der Waals surface area contributed by atoms with Gasteiger partial charge in [0, 0.05) is 17.0 Å². The SMILES string of the molecule is COC1=C([C@H](C)CC#N)C=C(Br)C=C=C1. The Morgan fingerprint density at radius 3 is 2.93 bits per heavy atom. The van der Waals surface area contributed by atoms with Gasteiger partial charge in [-0.3, -0.25) is 0 Å². The Bertz CT molecular complexity index is 406. The molecule has 0 saturated heterocycles. The molecule has 0 unspecified atom stereocenters. The normalized spacial score (nSPS) is 16.8. The van der Waals surface area contributed by atoms with Crippen molar-refractivity contribution in [3.8, 4) is 6.07 Å². The smallest absolute Gasteiger partial charge is 0.130 e. The molecule has 0 saturated carbocycles. The number of nitrogens with zero attached hydrogens (tertiary/aromatic N) is 1. The number of ether oxygens (including phenoxy) is 1. The van der Waals surface area contributed by atoms with Gasteiger partial charge in [-0.25, -0.2) is 0 Å². The zero-order chi connectivity index (χ0) is 11.3. The first-order valence-corrected chi connectivity index (χ1v) is 5.43. The van der Waals surface area contributed by atoms with Crippen LogP contribution in [0.3, 0.4) is 0 Å². The number of halogens is 1. The van der Waals surface area contributed by atoms with E-state index in [1.54, 1.807) is 13.2 Å². The van der Waals surface area contributed by atoms with Crippen LogP contribution in [0.15, 0.2) is 39.8 Å². The highest BCUT2D eigenvalue weighted by atomic mass is 79.9. The zero-order valence-electron chi connectivity index (χ0n) is 8.75. The predicted octanol–water partition coefficient (Wildman–Crippen LogP) is 3.44. The number of allylic oxidation sites excluding steroid dienone is 4. The molecule has 0 N–H and O–H groups in total. The van der Waals surface area contributed by atoms with Gasteiger partial charge in [0.1, 0.15) is 5.76 Å². The molecule has 0 aliphatic heterocycles. The number of hydrogen-bond acceptors (Lipinski definition) is 2. The highest BCUT2D eigenvalue weighted by Gasteiger charge is 2.13. The molecule has 1 aliphatic carbocycles. The Morgan fingerprint density at radius 1 is 1.60 bits per heavy atom. The van der Waals surface area contributed by atoms with Crippen LogP contribution in [-0.4, -0.2) is 7.11 Å². The van der Waals surface area contributed by atoms with E-state index in [-0.39, 0.29) is 5.92 Å². The summed E-state index contributed by atoms with van der Waals surface area (Å²) in [6.45, 7) is 2.01. The molecule has 0 radical (unpaired) electrons. The van der Waals surface area contributed by atoms with Crippen molar-refractivity contribution in [2.45, 2.75) is 13.3 Å². The van der Waals surface area contributed by atoms with Gasteiger partial charge in [-0.2, -0.15) is 5.26 Å². The van der Waals surface area contributed by atoms with E-state index in [1.165, 1.54) is 0 Å². The minimum Gasteiger partial charge on any atom is -0.496 e. The monoisotopic (exact) mass is 265 g/mol. The summed E-state index contributed by atoms with van der Waals surface area (Å²) in [7, 11) is 1.62. The zero-order valence-corrected chi connectivity index (χ0v) is 10.3. The standard InChI is InChI=1S/C12H12BrNO/c1-9(6-7-14)11-8-10(13)4-3-5-12(11)15-2/h4-5,8-9H,6H2,1-2H3/t9-/m1/s1. The first-order valence-electron chi connectivity index (χ1n) is 4.63. The molecule has 0 aromatic rings. The van der Waals surface area contributed by atoms with Gasteiger partial charge in [-0.05, 0) is 23.6 Å². The summed E-state index contributed by atoms with van der Waals surface area (Å²) in [6, 6.07) is 2.17. The topological polar surface area (TPSA) is 33.0 Å². The minimum absolute atomic E-state index is 0.155. The van der Waals surface area contributed by atoms with Crippen LogP contribution in [0, 0.1) is 17.2 Å². The lowest BCUT2D eigenvalue weighted by Gasteiger charge is -2.12. The average Bonchev–Trinajstić information content (AvgIpc) is 2.40. The van der Waals surface area contributed by atoms with Gasteiger partial charge >= 0.3 is 0 Å². The van der Waals surface area contributed by atoms with Crippen molar-refractivity contribution in [1.29, 1.82) is 5.26 Å². The second-order valence-electron chi connectivity index (χ2n) is 3.27. The van der Waals surface area contributed by atoms with Crippen LogP contribution in [0.5, 0.6) is 0 Å². The Balaban J connectivity index is 3.11. The quantitative estimate of drug-likeness (QED) is 0.733. The summed E-state index contributed by atoms with van der Waals surface area (Å²) >= 11 is 3.41. The van der Waals surface area contributed by atoms with E-state index >= 15 is 0 Å². The van der Waals surface area contributed by atoms with Crippen molar-refractivity contribution < 1.29 is 4.74 Å². The van der Waals surface area contributed by atoms with Crippen molar-refractivity contribution in [2.24, 2.45) is 5.92 Å². The van der Waals surface area contributed by atoms with Gasteiger partial charge in [0.05, 0.1) is 13.2 Å². The van der Waals surface area contributed by atoms with Crippen molar-refractivity contribution in [1.82, 2.24) is 0 Å². The van der Waals surface area contributed by atoms with Gasteiger partial charge in [0.25, 0.3) is 0 Å². The maximum Gasteiger partial charge on any atom is 0.130 e. The Kier molecular flexibility index (Phi) is 4.42. The first-order chi connectivity index (χ1) is 7.19. The molecule has 0 fully saturated rings. The molecule has 0 aromatic heterocycles. The van der Waals surface area contributed by atoms with Crippen LogP contribution in [-0.2, 0) is 4.74 Å². The lowest BCUT2D eigenvalue weighted by atomic mass is 9.96. The molecule has 1 atom stereocenters. The van der Waals surface area contributed by atoms with Crippen molar-refractivity contribution in [3.63, 3.8) is 0 Å². The summed E-state index contributed by atoms with van der Waals surface area (Å²) in [6.07, 6.45) is 6.06. The largest absolute Gasteiger partial charge is 0.496 e. The summed E-state index contributed by atoms with van der Waals surface area (Å²) in [5.74, 6) is 0.922. The molecule has 2 nitrogen and oxygen atoms in total. The summed E-state index contributed by atoms with van der Waals surface area (Å²) in [4.78, 5) is 0. The van der Waals surface area contributed by atoms with Crippen molar-refractivity contribution in [3.05, 3.63) is 39.8 Å². The molecule has 1 rings (SSSR count). The third-order valence-corrected chi connectivity index (χ3v) is 2.62. The number of nitriles is 1. The Morgan fingerprint density at radius 2 is 2.33 bits per heavy atom. The molecule has 3 heteroatoms. The van der Waals surface area contributed by atoms with Crippen LogP contribution < -0.4 is 0 Å². The van der Waals surface area contributed by atoms with E-state index in [0.29, 0.717) is 6.42 Å². The lowest BCUT2D eigenvalue weighted by molar-refractivity contribution is 0.299. The highest BCUT2D eigenvalue weighted by molar-refractivity contribution is 9.11. The van der Waals surface area contributed by atoms with Crippen molar-refractivity contribution in [2.75, 3.05) is 7.11 Å². The minimum atomic E-state index is 0.155. The second kappa shape index (κ2) is 5.60. The summed E-state index contributed by atoms with van der Waals surface area (Å²) in [5.41, 5.74) is 4.01. The van der Waals surface area contributed by atoms with E-state index in [9.17, 15) is 0 Å². The Labute approximate surface area is 98.4 Å². The molecule has 78 valence electrons. The molecule has 0 bridgehead atoms. The van der Waals surface area contributed by atoms with Crippen LogP contribution in [0.4, 0.5) is 0 Å². The molecule has 1 aliphatic rings. The average molecular weight is 266 g/mol. The van der Waals surface area contributed by atoms with Gasteiger partial charge in [-0.15, -0.1) is 5.73 Å². The van der Waals surface area contributed by atoms with E-state index in [0.717, 1.165) is 15.8 Å². The first kappa shape index (κ1) is 11.8. The maximum absolute atomic E-state index is 8.68. The lowest BCUT2D eigenvalue weighted by Crippen LogP contribution is -2.01. The van der Waals surface area contributed by atoms with Gasteiger partial charge in [0.2, 0.25) is 0 Å². The van der Waals surface area contributed by atoms with E-state index in [4.69, 9.17) is 10.00 Å². The van der Waals surface area contributed by atoms with Crippen LogP contribution in [0.25, 0.3) is 0 Å². The van der Waals surface area contributed by atoms with Crippen LogP contribution >= 0.6 is 15.9 Å². The number of hydrogen-bond donors (Lipinski definition) is 0. The fraction of sp³-hybridized carbons (Fsp3) is 0.333. The van der Waals surface area contributed by atoms with Gasteiger partial charge in [0.15, 0.2) is 0 Å². The molecule has 15 heavy (non-hydrogen) atoms.